The maximum absolute atomic E-state index is 12.1. The van der Waals surface area contributed by atoms with Crippen LogP contribution in [0, 0.1) is 0 Å². The summed E-state index contributed by atoms with van der Waals surface area (Å²) in [5.74, 6) is 0.513. The molecular weight excluding hydrogens is 318 g/mol. The van der Waals surface area contributed by atoms with Crippen LogP contribution < -0.4 is 0 Å². The predicted molar refractivity (Wildman–Crippen MR) is 77.0 cm³/mol. The van der Waals surface area contributed by atoms with Crippen molar-refractivity contribution in [1.29, 1.82) is 0 Å². The number of hydrogen-bond donors (Lipinski definition) is 0. The summed E-state index contributed by atoms with van der Waals surface area (Å²) < 4.78 is 5.97. The third-order valence-corrected chi connectivity index (χ3v) is 3.18. The molecule has 1 rings (SSSR count). The first-order valence-electron chi connectivity index (χ1n) is 5.74. The van der Waals surface area contributed by atoms with Gasteiger partial charge in [0.1, 0.15) is 0 Å². The smallest absolute Gasteiger partial charge is 0.227 e. The van der Waals surface area contributed by atoms with Gasteiger partial charge in [-0.25, -0.2) is 0 Å². The molecule has 0 spiro atoms. The molecule has 1 aromatic rings. The molecule has 0 aliphatic heterocycles. The topological polar surface area (TPSA) is 29.5 Å². The normalized spacial score (nSPS) is 10.4. The number of halogens is 2. The minimum atomic E-state index is 0.0748. The fraction of sp³-hybridized carbons (Fsp3) is 0.462. The summed E-state index contributed by atoms with van der Waals surface area (Å²) in [6.45, 7) is 1.66. The lowest BCUT2D eigenvalue weighted by molar-refractivity contribution is -0.130. The summed E-state index contributed by atoms with van der Waals surface area (Å²) in [5.41, 5.74) is 0.992. The van der Waals surface area contributed by atoms with Crippen LogP contribution in [0.5, 0.6) is 0 Å². The number of alkyl halides is 1. The number of rotatable bonds is 7. The van der Waals surface area contributed by atoms with E-state index in [1.54, 1.807) is 12.0 Å². The quantitative estimate of drug-likeness (QED) is 0.718. The Kier molecular flexibility index (Phi) is 7.32. The van der Waals surface area contributed by atoms with Gasteiger partial charge in [-0.1, -0.05) is 28.1 Å². The third-order valence-electron chi connectivity index (χ3n) is 2.52. The van der Waals surface area contributed by atoms with Crippen molar-refractivity contribution in [3.05, 3.63) is 34.3 Å². The van der Waals surface area contributed by atoms with Gasteiger partial charge in [0.05, 0.1) is 13.0 Å². The highest BCUT2D eigenvalue weighted by Gasteiger charge is 2.13. The van der Waals surface area contributed by atoms with E-state index < -0.39 is 0 Å². The largest absolute Gasteiger partial charge is 0.383 e. The van der Waals surface area contributed by atoms with Crippen molar-refractivity contribution in [2.24, 2.45) is 0 Å². The van der Waals surface area contributed by atoms with Gasteiger partial charge < -0.3 is 9.64 Å². The fourth-order valence-corrected chi connectivity index (χ4v) is 2.25. The van der Waals surface area contributed by atoms with Crippen LogP contribution >= 0.6 is 27.5 Å². The van der Waals surface area contributed by atoms with E-state index in [2.05, 4.69) is 15.9 Å². The van der Waals surface area contributed by atoms with Crippen molar-refractivity contribution in [2.75, 3.05) is 32.7 Å². The Morgan fingerprint density at radius 3 is 2.83 bits per heavy atom. The molecule has 1 amide bonds. The zero-order valence-corrected chi connectivity index (χ0v) is 12.7. The van der Waals surface area contributed by atoms with Gasteiger partial charge in [0.25, 0.3) is 0 Å². The fourth-order valence-electron chi connectivity index (χ4n) is 1.60. The SMILES string of the molecule is COCCN(CCCl)C(=O)Cc1cccc(Br)c1. The van der Waals surface area contributed by atoms with Crippen molar-refractivity contribution in [3.8, 4) is 0 Å². The molecule has 0 saturated carbocycles. The molecule has 0 heterocycles. The van der Waals surface area contributed by atoms with Crippen LogP contribution in [0.3, 0.4) is 0 Å². The van der Waals surface area contributed by atoms with Crippen LogP contribution in [-0.4, -0.2) is 43.5 Å². The summed E-state index contributed by atoms with van der Waals surface area (Å²) in [6.07, 6.45) is 0.389. The van der Waals surface area contributed by atoms with Gasteiger partial charge in [0, 0.05) is 30.6 Å². The molecular formula is C13H17BrClNO2. The lowest BCUT2D eigenvalue weighted by atomic mass is 10.1. The first-order chi connectivity index (χ1) is 8.67. The summed E-state index contributed by atoms with van der Waals surface area (Å²) in [5, 5.41) is 0. The Labute approximate surface area is 121 Å². The van der Waals surface area contributed by atoms with Crippen molar-refractivity contribution >= 4 is 33.4 Å². The maximum atomic E-state index is 12.1. The molecule has 5 heteroatoms. The zero-order valence-electron chi connectivity index (χ0n) is 10.4. The maximum Gasteiger partial charge on any atom is 0.227 e. The number of carbonyl (C=O) groups is 1. The van der Waals surface area contributed by atoms with Gasteiger partial charge in [-0.05, 0) is 17.7 Å². The van der Waals surface area contributed by atoms with Crippen LogP contribution in [0.15, 0.2) is 28.7 Å². The average molecular weight is 335 g/mol. The van der Waals surface area contributed by atoms with Gasteiger partial charge in [-0.15, -0.1) is 11.6 Å². The highest BCUT2D eigenvalue weighted by atomic mass is 79.9. The standard InChI is InChI=1S/C13H17BrClNO2/c1-18-8-7-16(6-5-15)13(17)10-11-3-2-4-12(14)9-11/h2-4,9H,5-8,10H2,1H3. The summed E-state index contributed by atoms with van der Waals surface area (Å²) in [4.78, 5) is 13.8. The van der Waals surface area contributed by atoms with Gasteiger partial charge >= 0.3 is 0 Å². The van der Waals surface area contributed by atoms with Crippen molar-refractivity contribution in [2.45, 2.75) is 6.42 Å². The van der Waals surface area contributed by atoms with E-state index in [1.165, 1.54) is 0 Å². The number of amides is 1. The summed E-state index contributed by atoms with van der Waals surface area (Å²) in [7, 11) is 1.62. The second-order valence-corrected chi connectivity index (χ2v) is 5.16. The van der Waals surface area contributed by atoms with Crippen LogP contribution in [0.1, 0.15) is 5.56 Å². The number of hydrogen-bond acceptors (Lipinski definition) is 2. The number of nitrogens with zero attached hydrogens (tertiary/aromatic N) is 1. The molecule has 0 fully saturated rings. The van der Waals surface area contributed by atoms with Gasteiger partial charge in [0.2, 0.25) is 5.91 Å². The van der Waals surface area contributed by atoms with Crippen molar-refractivity contribution < 1.29 is 9.53 Å². The van der Waals surface area contributed by atoms with Crippen LogP contribution in [0.25, 0.3) is 0 Å². The lowest BCUT2D eigenvalue weighted by Gasteiger charge is -2.21. The molecule has 0 aliphatic rings. The van der Waals surface area contributed by atoms with Gasteiger partial charge in [0.15, 0.2) is 0 Å². The molecule has 0 unspecified atom stereocenters. The number of benzene rings is 1. The molecule has 0 atom stereocenters. The van der Waals surface area contributed by atoms with Gasteiger partial charge in [-0.2, -0.15) is 0 Å². The second-order valence-electron chi connectivity index (χ2n) is 3.87. The minimum Gasteiger partial charge on any atom is -0.383 e. The monoisotopic (exact) mass is 333 g/mol. The number of methoxy groups -OCH3 is 1. The van der Waals surface area contributed by atoms with E-state index in [0.717, 1.165) is 10.0 Å². The minimum absolute atomic E-state index is 0.0748. The van der Waals surface area contributed by atoms with E-state index in [-0.39, 0.29) is 5.91 Å². The lowest BCUT2D eigenvalue weighted by Crippen LogP contribution is -2.36. The Hall–Kier alpha value is -0.580. The summed E-state index contributed by atoms with van der Waals surface area (Å²) in [6, 6.07) is 7.76. The Morgan fingerprint density at radius 1 is 1.44 bits per heavy atom. The molecule has 0 aromatic heterocycles. The molecule has 18 heavy (non-hydrogen) atoms. The average Bonchev–Trinajstić information content (AvgIpc) is 2.34. The number of ether oxygens (including phenoxy) is 1. The van der Waals surface area contributed by atoms with Crippen molar-refractivity contribution in [3.63, 3.8) is 0 Å². The highest BCUT2D eigenvalue weighted by molar-refractivity contribution is 9.10. The molecule has 0 N–H and O–H groups in total. The highest BCUT2D eigenvalue weighted by Crippen LogP contribution is 2.12. The zero-order chi connectivity index (χ0) is 13.4. The van der Waals surface area contributed by atoms with Gasteiger partial charge in [-0.3, -0.25) is 4.79 Å². The van der Waals surface area contributed by atoms with E-state index in [9.17, 15) is 4.79 Å². The summed E-state index contributed by atoms with van der Waals surface area (Å²) >= 11 is 9.10. The Balaban J connectivity index is 2.60. The Bertz CT molecular complexity index is 387. The molecule has 0 bridgehead atoms. The van der Waals surface area contributed by atoms with Crippen molar-refractivity contribution in [1.82, 2.24) is 4.90 Å². The van der Waals surface area contributed by atoms with E-state index in [0.29, 0.717) is 32.0 Å². The predicted octanol–water partition coefficient (Wildman–Crippen LogP) is 2.71. The molecule has 0 radical (unpaired) electrons. The Morgan fingerprint density at radius 2 is 2.22 bits per heavy atom. The first-order valence-corrected chi connectivity index (χ1v) is 7.07. The third kappa shape index (κ3) is 5.38. The number of carbonyl (C=O) groups excluding carboxylic acids is 1. The molecule has 1 aromatic carbocycles. The van der Waals surface area contributed by atoms with E-state index >= 15 is 0 Å². The first kappa shape index (κ1) is 15.5. The van der Waals surface area contributed by atoms with Crippen LogP contribution in [0.4, 0.5) is 0 Å². The second kappa shape index (κ2) is 8.51. The molecule has 3 nitrogen and oxygen atoms in total. The van der Waals surface area contributed by atoms with E-state index in [1.807, 2.05) is 24.3 Å². The van der Waals surface area contributed by atoms with Crippen LogP contribution in [0.2, 0.25) is 0 Å². The van der Waals surface area contributed by atoms with Crippen LogP contribution in [-0.2, 0) is 16.0 Å². The molecule has 0 aliphatic carbocycles. The van der Waals surface area contributed by atoms with E-state index in [4.69, 9.17) is 16.3 Å². The molecule has 100 valence electrons. The molecule has 0 saturated heterocycles.